The molecule has 5 heteroatoms. The molecule has 0 aromatic carbocycles. The van der Waals surface area contributed by atoms with E-state index in [1.807, 2.05) is 6.08 Å². The number of hydrogen-bond acceptors (Lipinski definition) is 2. The van der Waals surface area contributed by atoms with Crippen LogP contribution in [0.15, 0.2) is 36.5 Å². The average Bonchev–Trinajstić information content (AvgIpc) is 2.27. The highest BCUT2D eigenvalue weighted by atomic mass is 31.1. The molecule has 0 radical (unpaired) electrons. The number of carboxylic acid groups (broad SMARTS) is 1. The quantitative estimate of drug-likeness (QED) is 0.726. The summed E-state index contributed by atoms with van der Waals surface area (Å²) >= 11 is 0. The second kappa shape index (κ2) is 5.83. The summed E-state index contributed by atoms with van der Waals surface area (Å²) in [5.74, 6) is -2.05. The summed E-state index contributed by atoms with van der Waals surface area (Å²) in [6, 6.07) is 0. The number of rotatable bonds is 2. The summed E-state index contributed by atoms with van der Waals surface area (Å²) < 4.78 is 11.2. The molecule has 4 nitrogen and oxygen atoms in total. The molecule has 0 heterocycles. The highest BCUT2D eigenvalue weighted by molar-refractivity contribution is 7.39. The van der Waals surface area contributed by atoms with E-state index in [1.54, 1.807) is 18.2 Å². The number of allylic oxidation sites excluding steroid dienone is 4. The molecule has 0 aromatic rings. The third-order valence-electron chi connectivity index (χ3n) is 2.59. The van der Waals surface area contributed by atoms with E-state index < -0.39 is 25.6 Å². The van der Waals surface area contributed by atoms with Crippen molar-refractivity contribution in [3.8, 4) is 0 Å². The van der Waals surface area contributed by atoms with E-state index in [4.69, 9.17) is 5.11 Å². The van der Waals surface area contributed by atoms with Crippen molar-refractivity contribution in [2.24, 2.45) is 5.92 Å². The first kappa shape index (κ1) is 12.9. The Balaban J connectivity index is 3.05. The Morgan fingerprint density at radius 3 is 2.75 bits per heavy atom. The standard InChI is InChI=1S/C11H15O4P/c1-8-6-4-2-3-5-7-9(16(14)15)10(8)11(12)13/h2-4,6,9-10,16H,1,5,7H2,(H,12,13)(H,14,15)/b3-2-,6-4-. The van der Waals surface area contributed by atoms with Gasteiger partial charge in [0.15, 0.2) is 8.03 Å². The molecule has 3 atom stereocenters. The molecule has 0 amide bonds. The zero-order chi connectivity index (χ0) is 12.1. The molecule has 0 saturated heterocycles. The Hall–Kier alpha value is -1.12. The van der Waals surface area contributed by atoms with Crippen LogP contribution in [0.25, 0.3) is 0 Å². The molecule has 3 unspecified atom stereocenters. The number of carboxylic acids is 1. The number of aliphatic carboxylic acids is 1. The zero-order valence-corrected chi connectivity index (χ0v) is 9.80. The number of hydrogen-bond donors (Lipinski definition) is 2. The first-order valence-corrected chi connectivity index (χ1v) is 6.45. The molecule has 0 saturated carbocycles. The maximum absolute atomic E-state index is 11.2. The fraction of sp³-hybridized carbons (Fsp3) is 0.364. The van der Waals surface area contributed by atoms with Crippen LogP contribution in [-0.4, -0.2) is 21.6 Å². The van der Waals surface area contributed by atoms with E-state index in [1.165, 1.54) is 0 Å². The van der Waals surface area contributed by atoms with E-state index >= 15 is 0 Å². The smallest absolute Gasteiger partial charge is 0.311 e. The van der Waals surface area contributed by atoms with Gasteiger partial charge < -0.3 is 10.00 Å². The van der Waals surface area contributed by atoms with Gasteiger partial charge in [0.05, 0.1) is 11.6 Å². The molecule has 0 bridgehead atoms. The Bertz CT molecular complexity index is 370. The van der Waals surface area contributed by atoms with Crippen molar-refractivity contribution in [1.82, 2.24) is 0 Å². The Morgan fingerprint density at radius 1 is 1.50 bits per heavy atom. The Labute approximate surface area is 94.9 Å². The first-order chi connectivity index (χ1) is 7.54. The minimum Gasteiger partial charge on any atom is -0.481 e. The molecule has 2 N–H and O–H groups in total. The third-order valence-corrected chi connectivity index (χ3v) is 3.84. The van der Waals surface area contributed by atoms with Crippen molar-refractivity contribution >= 4 is 14.0 Å². The Morgan fingerprint density at radius 2 is 2.19 bits per heavy atom. The fourth-order valence-corrected chi connectivity index (χ4v) is 2.81. The van der Waals surface area contributed by atoms with E-state index in [2.05, 4.69) is 6.58 Å². The summed E-state index contributed by atoms with van der Waals surface area (Å²) in [6.07, 6.45) is 7.92. The molecule has 0 aromatic heterocycles. The van der Waals surface area contributed by atoms with Gasteiger partial charge >= 0.3 is 5.97 Å². The van der Waals surface area contributed by atoms with Gasteiger partial charge in [0.2, 0.25) is 0 Å². The van der Waals surface area contributed by atoms with Gasteiger partial charge in [0.25, 0.3) is 0 Å². The zero-order valence-electron chi connectivity index (χ0n) is 8.80. The summed E-state index contributed by atoms with van der Waals surface area (Å²) in [7, 11) is -2.87. The van der Waals surface area contributed by atoms with Crippen LogP contribution in [0.5, 0.6) is 0 Å². The summed E-state index contributed by atoms with van der Waals surface area (Å²) in [6.45, 7) is 3.66. The van der Waals surface area contributed by atoms with Gasteiger partial charge in [-0.25, -0.2) is 0 Å². The maximum atomic E-state index is 11.2. The van der Waals surface area contributed by atoms with Gasteiger partial charge in [-0.05, 0) is 18.4 Å². The second-order valence-electron chi connectivity index (χ2n) is 3.70. The second-order valence-corrected chi connectivity index (χ2v) is 5.12. The van der Waals surface area contributed by atoms with Crippen LogP contribution in [0.3, 0.4) is 0 Å². The molecule has 1 aliphatic rings. The van der Waals surface area contributed by atoms with E-state index in [9.17, 15) is 14.3 Å². The molecule has 0 fully saturated rings. The van der Waals surface area contributed by atoms with Crippen LogP contribution in [0, 0.1) is 5.92 Å². The third kappa shape index (κ3) is 3.19. The van der Waals surface area contributed by atoms with E-state index in [-0.39, 0.29) is 0 Å². The highest BCUT2D eigenvalue weighted by Crippen LogP contribution is 2.37. The molecular weight excluding hydrogens is 227 g/mol. The summed E-state index contributed by atoms with van der Waals surface area (Å²) in [5, 5.41) is 9.09. The predicted molar refractivity (Wildman–Crippen MR) is 62.8 cm³/mol. The van der Waals surface area contributed by atoms with Gasteiger partial charge in [-0.15, -0.1) is 0 Å². The molecule has 1 aliphatic carbocycles. The topological polar surface area (TPSA) is 74.6 Å². The van der Waals surface area contributed by atoms with Gasteiger partial charge in [0.1, 0.15) is 0 Å². The van der Waals surface area contributed by atoms with Crippen LogP contribution in [0.1, 0.15) is 12.8 Å². The molecule has 88 valence electrons. The van der Waals surface area contributed by atoms with Gasteiger partial charge in [-0.1, -0.05) is 30.9 Å². The van der Waals surface area contributed by atoms with Crippen molar-refractivity contribution < 1.29 is 19.4 Å². The number of carbonyl (C=O) groups is 1. The van der Waals surface area contributed by atoms with Crippen molar-refractivity contribution in [2.45, 2.75) is 18.5 Å². The SMILES string of the molecule is C=C1/C=C\C=C/CCC([PH](=O)O)C1C(=O)O. The van der Waals surface area contributed by atoms with Crippen LogP contribution < -0.4 is 0 Å². The molecule has 0 spiro atoms. The average molecular weight is 242 g/mol. The fourth-order valence-electron chi connectivity index (χ4n) is 1.76. The molecule has 1 rings (SSSR count). The minimum atomic E-state index is -2.87. The lowest BCUT2D eigenvalue weighted by molar-refractivity contribution is -0.140. The van der Waals surface area contributed by atoms with Gasteiger partial charge in [-0.2, -0.15) is 0 Å². The molecule has 0 aliphatic heterocycles. The minimum absolute atomic E-state index is 0.372. The van der Waals surface area contributed by atoms with Gasteiger partial charge in [0, 0.05) is 0 Å². The lowest BCUT2D eigenvalue weighted by Crippen LogP contribution is -2.26. The largest absolute Gasteiger partial charge is 0.481 e. The van der Waals surface area contributed by atoms with Crippen LogP contribution in [0.4, 0.5) is 0 Å². The lowest BCUT2D eigenvalue weighted by atomic mass is 9.94. The normalized spacial score (nSPS) is 31.9. The molecule has 16 heavy (non-hydrogen) atoms. The van der Waals surface area contributed by atoms with Crippen LogP contribution in [0.2, 0.25) is 0 Å². The van der Waals surface area contributed by atoms with E-state index in [0.29, 0.717) is 18.4 Å². The van der Waals surface area contributed by atoms with Crippen molar-refractivity contribution in [3.63, 3.8) is 0 Å². The first-order valence-electron chi connectivity index (χ1n) is 5.01. The lowest BCUT2D eigenvalue weighted by Gasteiger charge is -2.21. The Kier molecular flexibility index (Phi) is 4.71. The maximum Gasteiger partial charge on any atom is 0.311 e. The predicted octanol–water partition coefficient (Wildman–Crippen LogP) is 1.99. The summed E-state index contributed by atoms with van der Waals surface area (Å²) in [4.78, 5) is 20.3. The van der Waals surface area contributed by atoms with Crippen molar-refractivity contribution in [1.29, 1.82) is 0 Å². The van der Waals surface area contributed by atoms with Crippen molar-refractivity contribution in [3.05, 3.63) is 36.5 Å². The van der Waals surface area contributed by atoms with Crippen LogP contribution in [-0.2, 0) is 9.36 Å². The monoisotopic (exact) mass is 242 g/mol. The van der Waals surface area contributed by atoms with E-state index in [0.717, 1.165) is 0 Å². The van der Waals surface area contributed by atoms with Crippen molar-refractivity contribution in [2.75, 3.05) is 0 Å². The van der Waals surface area contributed by atoms with Gasteiger partial charge in [-0.3, -0.25) is 9.36 Å². The summed E-state index contributed by atoms with van der Waals surface area (Å²) in [5.41, 5.74) is -0.362. The molecular formula is C11H15O4P. The van der Waals surface area contributed by atoms with Crippen LogP contribution >= 0.6 is 8.03 Å². The highest BCUT2D eigenvalue weighted by Gasteiger charge is 2.32.